The van der Waals surface area contributed by atoms with Crippen LogP contribution in [0.1, 0.15) is 29.7 Å². The molecule has 0 saturated carbocycles. The van der Waals surface area contributed by atoms with Crippen LogP contribution in [0, 0.1) is 11.2 Å². The summed E-state index contributed by atoms with van der Waals surface area (Å²) >= 11 is 15.0. The Bertz CT molecular complexity index is 2010. The van der Waals surface area contributed by atoms with Crippen LogP contribution in [0.3, 0.4) is 0 Å². The highest BCUT2D eigenvalue weighted by molar-refractivity contribution is 8.00. The Labute approximate surface area is 308 Å². The number of carbonyl (C=O) groups excluding carboxylic acids is 3. The van der Waals surface area contributed by atoms with Crippen molar-refractivity contribution in [2.45, 2.75) is 43.9 Å². The topological polar surface area (TPSA) is 189 Å². The Morgan fingerprint density at radius 2 is 2.02 bits per heavy atom. The summed E-state index contributed by atoms with van der Waals surface area (Å²) in [7, 11) is 1.23. The van der Waals surface area contributed by atoms with Crippen LogP contribution < -0.4 is 25.7 Å². The molecule has 4 aliphatic rings. The van der Waals surface area contributed by atoms with Gasteiger partial charge in [0.1, 0.15) is 40.2 Å². The lowest BCUT2D eigenvalue weighted by atomic mass is 10.0. The first-order chi connectivity index (χ1) is 24.5. The van der Waals surface area contributed by atoms with E-state index in [0.29, 0.717) is 29.8 Å². The Morgan fingerprint density at radius 1 is 1.25 bits per heavy atom. The van der Waals surface area contributed by atoms with E-state index in [-0.39, 0.29) is 56.3 Å². The van der Waals surface area contributed by atoms with Gasteiger partial charge in [0.05, 0.1) is 24.3 Å². The number of carboxylic acids is 1. The first-order valence-electron chi connectivity index (χ1n) is 15.8. The molecule has 4 aliphatic heterocycles. The zero-order valence-corrected chi connectivity index (χ0v) is 30.2. The van der Waals surface area contributed by atoms with Gasteiger partial charge in [-0.1, -0.05) is 39.7 Å². The first-order valence-corrected chi connectivity index (χ1v) is 18.5. The second-order valence-electron chi connectivity index (χ2n) is 12.2. The fourth-order valence-electron chi connectivity index (χ4n) is 6.74. The maximum Gasteiger partial charge on any atom is 0.276 e. The third kappa shape index (κ3) is 6.38. The summed E-state index contributed by atoms with van der Waals surface area (Å²) in [5, 5.41) is 26.9. The number of aliphatic carboxylic acids is 1. The molecule has 2 fully saturated rings. The number of nitrogen functional groups attached to an aromatic ring is 1. The molecule has 6 heterocycles. The number of fused-ring (bicyclic) bond motifs is 2. The number of halogens is 3. The molecule has 15 nitrogen and oxygen atoms in total. The number of nitrogens with zero attached hydrogens (tertiary/aromatic N) is 7. The summed E-state index contributed by atoms with van der Waals surface area (Å²) in [6.45, 7) is 2.98. The van der Waals surface area contributed by atoms with Crippen molar-refractivity contribution >= 4 is 86.6 Å². The number of nitrogens with one attached hydrogen (secondary N) is 2. The lowest BCUT2D eigenvalue weighted by Gasteiger charge is -2.50. The van der Waals surface area contributed by atoms with Crippen LogP contribution >= 0.6 is 46.3 Å². The minimum atomic E-state index is -1.51. The van der Waals surface area contributed by atoms with Crippen molar-refractivity contribution in [3.8, 4) is 0 Å². The van der Waals surface area contributed by atoms with E-state index in [1.54, 1.807) is 12.3 Å². The van der Waals surface area contributed by atoms with Gasteiger partial charge in [0.25, 0.3) is 11.8 Å². The maximum atomic E-state index is 15.4. The van der Waals surface area contributed by atoms with Gasteiger partial charge in [0, 0.05) is 53.7 Å². The number of likely N-dealkylation sites (tertiary alicyclic amines) is 1. The van der Waals surface area contributed by atoms with Gasteiger partial charge in [-0.2, -0.15) is 0 Å². The summed E-state index contributed by atoms with van der Waals surface area (Å²) in [6, 6.07) is 3.81. The van der Waals surface area contributed by atoms with Crippen LogP contribution in [0.5, 0.6) is 0 Å². The predicted molar refractivity (Wildman–Crippen MR) is 187 cm³/mol. The number of oxime groups is 1. The molecular weight excluding hydrogens is 746 g/mol. The van der Waals surface area contributed by atoms with Crippen LogP contribution in [0.15, 0.2) is 40.8 Å². The highest BCUT2D eigenvalue weighted by Gasteiger charge is 2.53. The van der Waals surface area contributed by atoms with Gasteiger partial charge in [0.2, 0.25) is 0 Å². The number of hydrogen-bond acceptors (Lipinski definition) is 12. The number of benzene rings is 1. The van der Waals surface area contributed by atoms with E-state index in [4.69, 9.17) is 39.2 Å². The van der Waals surface area contributed by atoms with E-state index in [1.165, 1.54) is 24.9 Å². The number of rotatable bonds is 10. The van der Waals surface area contributed by atoms with Crippen LogP contribution in [0.2, 0.25) is 9.36 Å². The molecule has 2 atom stereocenters. The van der Waals surface area contributed by atoms with Gasteiger partial charge in [0.15, 0.2) is 29.4 Å². The normalized spacial score (nSPS) is 20.0. The fourth-order valence-corrected chi connectivity index (χ4v) is 9.27. The van der Waals surface area contributed by atoms with Crippen molar-refractivity contribution in [3.05, 3.63) is 67.7 Å². The molecule has 0 radical (unpaired) electrons. The number of nitrogens with two attached hydrogens (primary N) is 1. The standard InChI is InChI=1S/C31H31Cl2FN10O5S2/c1-49-39-22(21-25(33)51-31(36)38-21)27(45)37-23-28(46)44-24(30(47)48)16(14-50-29(23)44)12-42-7-4-20-41(8-9-43(20)42)13-17-18(32)10-15(11-19(17)34)26(35)40-5-2-3-6-40/h4,7,10-11,23,29,35H,2-3,5-6,8-9,12-14H2,1H3,(H3-,36,37,38,45,47,48)/b35-26?,39-22-/t23-,29-/m1/s1. The Morgan fingerprint density at radius 3 is 2.69 bits per heavy atom. The molecule has 2 saturated heterocycles. The maximum absolute atomic E-state index is 15.4. The van der Waals surface area contributed by atoms with E-state index in [9.17, 15) is 19.5 Å². The quantitative estimate of drug-likeness (QED) is 0.0886. The van der Waals surface area contributed by atoms with Gasteiger partial charge < -0.3 is 35.6 Å². The minimum absolute atomic E-state index is 0.00758. The van der Waals surface area contributed by atoms with Gasteiger partial charge in [-0.15, -0.1) is 21.1 Å². The number of thioether (sulfide) groups is 1. The van der Waals surface area contributed by atoms with Crippen LogP contribution in [-0.2, 0) is 38.9 Å². The molecule has 1 aromatic carbocycles. The molecular formula is C31H31Cl2FN10O5S2. The number of aromatic nitrogens is 3. The van der Waals surface area contributed by atoms with Crippen molar-refractivity contribution in [2.24, 2.45) is 5.16 Å². The van der Waals surface area contributed by atoms with Crippen molar-refractivity contribution in [3.63, 3.8) is 0 Å². The molecule has 0 aliphatic carbocycles. The molecule has 51 heavy (non-hydrogen) atoms. The van der Waals surface area contributed by atoms with Gasteiger partial charge >= 0.3 is 0 Å². The molecule has 0 bridgehead atoms. The summed E-state index contributed by atoms with van der Waals surface area (Å²) in [5.41, 5.74) is 6.39. The number of amides is 2. The number of thiazole rings is 1. The number of anilines is 2. The Balaban J connectivity index is 1.05. The number of β-lactam (4-membered cyclic amide) rings is 1. The Hall–Kier alpha value is -4.39. The van der Waals surface area contributed by atoms with Gasteiger partial charge in [-0.25, -0.2) is 9.37 Å². The molecule has 2 aromatic heterocycles. The zero-order chi connectivity index (χ0) is 36.1. The second kappa shape index (κ2) is 14.0. The predicted octanol–water partition coefficient (Wildman–Crippen LogP) is 1.16. The molecule has 3 aromatic rings. The van der Waals surface area contributed by atoms with Crippen LogP contribution in [-0.4, -0.2) is 92.7 Å². The largest absolute Gasteiger partial charge is 0.543 e. The molecule has 7 rings (SSSR count). The van der Waals surface area contributed by atoms with E-state index in [2.05, 4.69) is 15.5 Å². The van der Waals surface area contributed by atoms with Crippen molar-refractivity contribution in [1.29, 1.82) is 5.41 Å². The smallest absolute Gasteiger partial charge is 0.276 e. The summed E-state index contributed by atoms with van der Waals surface area (Å²) in [4.78, 5) is 52.8. The fraction of sp³-hybridized carbons (Fsp3) is 0.387. The van der Waals surface area contributed by atoms with Crippen molar-refractivity contribution in [1.82, 2.24) is 24.8 Å². The SMILES string of the molecule is CO/N=C(\C(=O)N[C@@H]1C(=O)N2C(C(=O)[O-])=C(C[n+]3ccc4n3CCN4Cc3c(F)cc(C(=N)N4CCCC4)cc3Cl)CS[C@H]12)c1nc(N)sc1Cl. The van der Waals surface area contributed by atoms with E-state index in [0.717, 1.165) is 48.0 Å². The van der Waals surface area contributed by atoms with Crippen LogP contribution in [0.25, 0.3) is 0 Å². The van der Waals surface area contributed by atoms with Gasteiger partial charge in [-0.3, -0.25) is 19.9 Å². The highest BCUT2D eigenvalue weighted by atomic mass is 35.5. The lowest BCUT2D eigenvalue weighted by Crippen LogP contribution is -2.71. The molecule has 2 amide bonds. The average Bonchev–Trinajstić information content (AvgIpc) is 3.91. The summed E-state index contributed by atoms with van der Waals surface area (Å²) in [6.07, 6.45) is 3.80. The van der Waals surface area contributed by atoms with E-state index >= 15 is 4.39 Å². The highest BCUT2D eigenvalue weighted by Crippen LogP contribution is 2.40. The van der Waals surface area contributed by atoms with E-state index < -0.39 is 35.0 Å². The summed E-state index contributed by atoms with van der Waals surface area (Å²) < 4.78 is 19.3. The molecule has 0 unspecified atom stereocenters. The molecule has 0 spiro atoms. The molecule has 20 heteroatoms. The second-order valence-corrected chi connectivity index (χ2v) is 15.3. The molecule has 4 N–H and O–H groups in total. The van der Waals surface area contributed by atoms with Crippen molar-refractivity contribution < 1.29 is 33.4 Å². The number of carboxylic acid groups (broad SMARTS) is 1. The third-order valence-corrected chi connectivity index (χ3v) is 11.9. The third-order valence-electron chi connectivity index (χ3n) is 9.17. The number of carbonyl (C=O) groups is 3. The van der Waals surface area contributed by atoms with Crippen LogP contribution in [0.4, 0.5) is 15.3 Å². The Kier molecular flexibility index (Phi) is 9.59. The van der Waals surface area contributed by atoms with E-state index in [1.807, 2.05) is 25.2 Å². The average molecular weight is 778 g/mol. The van der Waals surface area contributed by atoms with Gasteiger partial charge in [-0.05, 0) is 25.0 Å². The molecule has 268 valence electrons. The minimum Gasteiger partial charge on any atom is -0.543 e. The summed E-state index contributed by atoms with van der Waals surface area (Å²) in [5.74, 6) is -2.12. The number of hydrogen-bond donors (Lipinski definition) is 3. The monoisotopic (exact) mass is 776 g/mol. The first kappa shape index (κ1) is 35.0. The lowest BCUT2D eigenvalue weighted by molar-refractivity contribution is -0.766. The van der Waals surface area contributed by atoms with Crippen molar-refractivity contribution in [2.75, 3.05) is 43.1 Å². The number of amidine groups is 1. The zero-order valence-electron chi connectivity index (χ0n) is 27.0.